The number of benzene rings is 2. The highest BCUT2D eigenvalue weighted by Crippen LogP contribution is 2.39. The number of aryl methyl sites for hydroxylation is 1. The van der Waals surface area contributed by atoms with Crippen LogP contribution in [0.4, 0.5) is 29.1 Å². The van der Waals surface area contributed by atoms with Gasteiger partial charge in [-0.05, 0) is 55.2 Å². The van der Waals surface area contributed by atoms with Gasteiger partial charge in [-0.3, -0.25) is 14.2 Å². The molecule has 1 saturated carbocycles. The third-order valence-corrected chi connectivity index (χ3v) is 5.31. The fourth-order valence-electron chi connectivity index (χ4n) is 3.35. The molecule has 0 radical (unpaired) electrons. The van der Waals surface area contributed by atoms with E-state index in [0.717, 1.165) is 30.5 Å². The zero-order chi connectivity index (χ0) is 23.8. The van der Waals surface area contributed by atoms with Crippen LogP contribution in [0.5, 0.6) is 0 Å². The Kier molecular flexibility index (Phi) is 5.92. The summed E-state index contributed by atoms with van der Waals surface area (Å²) in [4.78, 5) is 28.1. The first-order valence-corrected chi connectivity index (χ1v) is 10.2. The molecule has 4 rings (SSSR count). The van der Waals surface area contributed by atoms with E-state index in [9.17, 15) is 27.2 Å². The minimum atomic E-state index is -4.69. The van der Waals surface area contributed by atoms with E-state index in [1.165, 1.54) is 4.57 Å². The number of halogens is 4. The van der Waals surface area contributed by atoms with E-state index in [-0.39, 0.29) is 23.8 Å². The number of carboxylic acid groups (broad SMARTS) is 1. The van der Waals surface area contributed by atoms with Crippen LogP contribution in [-0.2, 0) is 17.4 Å². The lowest BCUT2D eigenvalue weighted by molar-refractivity contribution is -0.138. The van der Waals surface area contributed by atoms with Gasteiger partial charge in [0.25, 0.3) is 5.56 Å². The van der Waals surface area contributed by atoms with Gasteiger partial charge in [0.05, 0.1) is 16.9 Å². The van der Waals surface area contributed by atoms with Gasteiger partial charge < -0.3 is 10.4 Å². The maximum absolute atomic E-state index is 14.3. The molecule has 1 aliphatic carbocycles. The highest BCUT2D eigenvalue weighted by molar-refractivity contribution is 5.67. The van der Waals surface area contributed by atoms with Crippen LogP contribution in [0.2, 0.25) is 0 Å². The molecule has 2 aromatic carbocycles. The Balaban J connectivity index is 1.68. The van der Waals surface area contributed by atoms with Crippen LogP contribution in [0, 0.1) is 5.82 Å². The number of alkyl halides is 3. The standard InChI is InChI=1S/C23H19F4N3O3/c24-17-11-15(23(25,26)27)6-9-18(17)28-21-22(33)30(12-19(29-21)14-4-5-14)16-7-1-13(2-8-16)3-10-20(31)32/h1-2,6-9,11-12,14H,3-5,10H2,(H,28,29)(H,31,32). The number of anilines is 2. The van der Waals surface area contributed by atoms with Gasteiger partial charge in [-0.15, -0.1) is 0 Å². The maximum atomic E-state index is 14.3. The second-order valence-corrected chi connectivity index (χ2v) is 7.84. The summed E-state index contributed by atoms with van der Waals surface area (Å²) in [5.74, 6) is -2.13. The molecular formula is C23H19F4N3O3. The molecule has 6 nitrogen and oxygen atoms in total. The van der Waals surface area contributed by atoms with Crippen molar-refractivity contribution in [1.82, 2.24) is 9.55 Å². The van der Waals surface area contributed by atoms with Gasteiger partial charge in [-0.2, -0.15) is 13.2 Å². The summed E-state index contributed by atoms with van der Waals surface area (Å²) < 4.78 is 54.1. The molecular weight excluding hydrogens is 442 g/mol. The number of rotatable bonds is 7. The lowest BCUT2D eigenvalue weighted by Gasteiger charge is -2.14. The van der Waals surface area contributed by atoms with Gasteiger partial charge in [0.15, 0.2) is 5.82 Å². The number of hydrogen-bond acceptors (Lipinski definition) is 4. The molecule has 172 valence electrons. The molecule has 3 aromatic rings. The van der Waals surface area contributed by atoms with Crippen molar-refractivity contribution < 1.29 is 27.5 Å². The molecule has 0 amide bonds. The molecule has 1 fully saturated rings. The Morgan fingerprint density at radius 3 is 2.42 bits per heavy atom. The minimum absolute atomic E-state index is 0.0207. The third kappa shape index (κ3) is 5.21. The summed E-state index contributed by atoms with van der Waals surface area (Å²) in [6.07, 6.45) is -1.00. The summed E-state index contributed by atoms with van der Waals surface area (Å²) in [5, 5.41) is 11.4. The summed E-state index contributed by atoms with van der Waals surface area (Å²) >= 11 is 0. The average molecular weight is 461 g/mol. The molecule has 33 heavy (non-hydrogen) atoms. The Morgan fingerprint density at radius 1 is 1.15 bits per heavy atom. The van der Waals surface area contributed by atoms with E-state index in [2.05, 4.69) is 10.3 Å². The first-order chi connectivity index (χ1) is 15.6. The van der Waals surface area contributed by atoms with Crippen LogP contribution in [0.3, 0.4) is 0 Å². The first-order valence-electron chi connectivity index (χ1n) is 10.2. The van der Waals surface area contributed by atoms with E-state index in [0.29, 0.717) is 23.9 Å². The number of nitrogens with one attached hydrogen (secondary N) is 1. The molecule has 0 atom stereocenters. The van der Waals surface area contributed by atoms with Crippen molar-refractivity contribution in [3.05, 3.63) is 81.7 Å². The van der Waals surface area contributed by atoms with Gasteiger partial charge >= 0.3 is 12.1 Å². The topological polar surface area (TPSA) is 84.2 Å². The summed E-state index contributed by atoms with van der Waals surface area (Å²) in [7, 11) is 0. The Bertz CT molecular complexity index is 1250. The monoisotopic (exact) mass is 461 g/mol. The highest BCUT2D eigenvalue weighted by atomic mass is 19.4. The van der Waals surface area contributed by atoms with Crippen molar-refractivity contribution in [2.24, 2.45) is 0 Å². The van der Waals surface area contributed by atoms with Crippen molar-refractivity contribution in [1.29, 1.82) is 0 Å². The quantitative estimate of drug-likeness (QED) is 0.483. The van der Waals surface area contributed by atoms with Crippen molar-refractivity contribution in [2.45, 2.75) is 37.8 Å². The molecule has 0 saturated heterocycles. The van der Waals surface area contributed by atoms with E-state index in [4.69, 9.17) is 5.11 Å². The number of aliphatic carboxylic acids is 1. The molecule has 10 heteroatoms. The Morgan fingerprint density at radius 2 is 1.85 bits per heavy atom. The highest BCUT2D eigenvalue weighted by Gasteiger charge is 2.31. The predicted octanol–water partition coefficient (Wildman–Crippen LogP) is 5.03. The minimum Gasteiger partial charge on any atom is -0.481 e. The SMILES string of the molecule is O=C(O)CCc1ccc(-n2cc(C3CC3)nc(Nc3ccc(C(F)(F)F)cc3F)c2=O)cc1. The van der Waals surface area contributed by atoms with Crippen LogP contribution in [0.15, 0.2) is 53.5 Å². The molecule has 0 bridgehead atoms. The van der Waals surface area contributed by atoms with Gasteiger partial charge in [0, 0.05) is 24.2 Å². The van der Waals surface area contributed by atoms with E-state index in [1.807, 2.05) is 0 Å². The summed E-state index contributed by atoms with van der Waals surface area (Å²) in [6, 6.07) is 8.77. The smallest absolute Gasteiger partial charge is 0.416 e. The number of carboxylic acids is 1. The normalized spacial score (nSPS) is 13.7. The largest absolute Gasteiger partial charge is 0.481 e. The van der Waals surface area contributed by atoms with E-state index >= 15 is 0 Å². The molecule has 0 aliphatic heterocycles. The van der Waals surface area contributed by atoms with Gasteiger partial charge in [-0.1, -0.05) is 12.1 Å². The number of aromatic nitrogens is 2. The lowest BCUT2D eigenvalue weighted by Crippen LogP contribution is -2.23. The van der Waals surface area contributed by atoms with Crippen molar-refractivity contribution >= 4 is 17.5 Å². The predicted molar refractivity (Wildman–Crippen MR) is 112 cm³/mol. The van der Waals surface area contributed by atoms with E-state index in [1.54, 1.807) is 30.5 Å². The van der Waals surface area contributed by atoms with Crippen LogP contribution in [-0.4, -0.2) is 20.6 Å². The van der Waals surface area contributed by atoms with Gasteiger partial charge in [-0.25, -0.2) is 9.37 Å². The average Bonchev–Trinajstić information content (AvgIpc) is 3.60. The molecule has 1 heterocycles. The number of carbonyl (C=O) groups is 1. The third-order valence-electron chi connectivity index (χ3n) is 5.31. The van der Waals surface area contributed by atoms with Crippen LogP contribution >= 0.6 is 0 Å². The van der Waals surface area contributed by atoms with Gasteiger partial charge in [0.1, 0.15) is 5.82 Å². The molecule has 2 N–H and O–H groups in total. The van der Waals surface area contributed by atoms with Crippen molar-refractivity contribution in [3.63, 3.8) is 0 Å². The zero-order valence-electron chi connectivity index (χ0n) is 17.2. The van der Waals surface area contributed by atoms with Crippen LogP contribution in [0.25, 0.3) is 5.69 Å². The Labute approximate surface area is 185 Å². The fourth-order valence-corrected chi connectivity index (χ4v) is 3.35. The molecule has 1 aromatic heterocycles. The van der Waals surface area contributed by atoms with Crippen LogP contribution in [0.1, 0.15) is 42.0 Å². The fraction of sp³-hybridized carbons (Fsp3) is 0.261. The number of hydrogen-bond donors (Lipinski definition) is 2. The molecule has 0 spiro atoms. The van der Waals surface area contributed by atoms with Crippen LogP contribution < -0.4 is 10.9 Å². The zero-order valence-corrected chi connectivity index (χ0v) is 17.2. The molecule has 1 aliphatic rings. The second-order valence-electron chi connectivity index (χ2n) is 7.84. The lowest BCUT2D eigenvalue weighted by atomic mass is 10.1. The van der Waals surface area contributed by atoms with Gasteiger partial charge in [0.2, 0.25) is 0 Å². The van der Waals surface area contributed by atoms with Crippen molar-refractivity contribution in [2.75, 3.05) is 5.32 Å². The maximum Gasteiger partial charge on any atom is 0.416 e. The summed E-state index contributed by atoms with van der Waals surface area (Å²) in [6.45, 7) is 0. The first kappa shape index (κ1) is 22.5. The number of nitrogens with zero attached hydrogens (tertiary/aromatic N) is 2. The van der Waals surface area contributed by atoms with Crippen molar-refractivity contribution in [3.8, 4) is 5.69 Å². The van der Waals surface area contributed by atoms with E-state index < -0.39 is 29.1 Å². The molecule has 0 unspecified atom stereocenters. The summed E-state index contributed by atoms with van der Waals surface area (Å²) in [5.41, 5.74) is -0.131. The Hall–Kier alpha value is -3.69. The second kappa shape index (κ2) is 8.68.